The molecule has 2 aromatic carbocycles. The topological polar surface area (TPSA) is 123 Å². The Morgan fingerprint density at radius 3 is 2.35 bits per heavy atom. The summed E-state index contributed by atoms with van der Waals surface area (Å²) in [5, 5.41) is 14.4. The maximum Gasteiger partial charge on any atom is 0.407 e. The quantitative estimate of drug-likeness (QED) is 0.543. The number of methoxy groups -OCH3 is 1. The number of carbonyl (C=O) groups is 3. The fraction of sp³-hybridized carbons (Fsp3) is 0.400. The fourth-order valence-electron chi connectivity index (χ4n) is 4.58. The zero-order chi connectivity index (χ0) is 24.1. The van der Waals surface area contributed by atoms with E-state index < -0.39 is 36.5 Å². The number of ether oxygens (including phenoxy) is 3. The molecule has 180 valence electrons. The molecule has 9 nitrogen and oxygen atoms in total. The summed E-state index contributed by atoms with van der Waals surface area (Å²) in [5.74, 6) is -2.00. The number of rotatable bonds is 8. The molecule has 2 aromatic rings. The summed E-state index contributed by atoms with van der Waals surface area (Å²) in [6.07, 6.45) is -1.09. The zero-order valence-corrected chi connectivity index (χ0v) is 18.9. The Kier molecular flexibility index (Phi) is 7.44. The van der Waals surface area contributed by atoms with Gasteiger partial charge in [-0.2, -0.15) is 0 Å². The molecule has 9 heteroatoms. The second-order valence-electron chi connectivity index (χ2n) is 8.37. The van der Waals surface area contributed by atoms with Gasteiger partial charge in [0.05, 0.1) is 25.2 Å². The molecule has 1 saturated heterocycles. The number of carbonyl (C=O) groups excluding carboxylic acids is 2. The Balaban J connectivity index is 1.40. The summed E-state index contributed by atoms with van der Waals surface area (Å²) in [4.78, 5) is 36.7. The summed E-state index contributed by atoms with van der Waals surface area (Å²) in [6, 6.07) is 14.1. The van der Waals surface area contributed by atoms with Gasteiger partial charge in [-0.3, -0.25) is 9.59 Å². The van der Waals surface area contributed by atoms with E-state index in [1.54, 1.807) is 7.11 Å². The molecule has 3 unspecified atom stereocenters. The largest absolute Gasteiger partial charge is 0.481 e. The van der Waals surface area contributed by atoms with Gasteiger partial charge >= 0.3 is 12.1 Å². The first-order valence-corrected chi connectivity index (χ1v) is 11.2. The number of carboxylic acid groups (broad SMARTS) is 1. The monoisotopic (exact) mass is 468 g/mol. The summed E-state index contributed by atoms with van der Waals surface area (Å²) in [7, 11) is 1.54. The maximum absolute atomic E-state index is 12.8. The van der Waals surface area contributed by atoms with Crippen LogP contribution in [0.3, 0.4) is 0 Å². The molecule has 0 saturated carbocycles. The minimum absolute atomic E-state index is 0.0590. The minimum Gasteiger partial charge on any atom is -0.481 e. The van der Waals surface area contributed by atoms with Crippen molar-refractivity contribution in [3.05, 3.63) is 59.7 Å². The van der Waals surface area contributed by atoms with Crippen LogP contribution in [0.1, 0.15) is 29.9 Å². The lowest BCUT2D eigenvalue weighted by Gasteiger charge is -2.32. The van der Waals surface area contributed by atoms with Gasteiger partial charge in [-0.15, -0.1) is 0 Å². The highest BCUT2D eigenvalue weighted by Gasteiger charge is 2.33. The van der Waals surface area contributed by atoms with Crippen molar-refractivity contribution < 1.29 is 33.7 Å². The van der Waals surface area contributed by atoms with Crippen molar-refractivity contribution in [1.29, 1.82) is 0 Å². The molecule has 2 amide bonds. The average molecular weight is 469 g/mol. The Labute approximate surface area is 197 Å². The summed E-state index contributed by atoms with van der Waals surface area (Å²) < 4.78 is 16.2. The first-order chi connectivity index (χ1) is 16.5. The SMILES string of the molecule is COC1CCOCC1NC(=O)C(CC(=O)O)NC(=O)OCC1c2ccccc2-c2ccccc21. The molecule has 4 rings (SSSR count). The molecule has 0 spiro atoms. The van der Waals surface area contributed by atoms with Crippen LogP contribution in [0.25, 0.3) is 11.1 Å². The van der Waals surface area contributed by atoms with Gasteiger partial charge in [0.1, 0.15) is 12.6 Å². The summed E-state index contributed by atoms with van der Waals surface area (Å²) in [6.45, 7) is 0.819. The highest BCUT2D eigenvalue weighted by atomic mass is 16.5. The third kappa shape index (κ3) is 5.21. The number of aliphatic carboxylic acids is 1. The van der Waals surface area contributed by atoms with Gasteiger partial charge in [-0.25, -0.2) is 4.79 Å². The van der Waals surface area contributed by atoms with Crippen LogP contribution >= 0.6 is 0 Å². The van der Waals surface area contributed by atoms with Crippen molar-refractivity contribution >= 4 is 18.0 Å². The van der Waals surface area contributed by atoms with Gasteiger partial charge in [0.25, 0.3) is 0 Å². The normalized spacial score (nSPS) is 20.0. The number of fused-ring (bicyclic) bond motifs is 3. The average Bonchev–Trinajstić information content (AvgIpc) is 3.16. The van der Waals surface area contributed by atoms with Crippen molar-refractivity contribution in [1.82, 2.24) is 10.6 Å². The lowest BCUT2D eigenvalue weighted by atomic mass is 9.98. The third-order valence-corrected chi connectivity index (χ3v) is 6.25. The Hall–Kier alpha value is -3.43. The number of carboxylic acids is 1. The lowest BCUT2D eigenvalue weighted by Crippen LogP contribution is -2.56. The molecular weight excluding hydrogens is 440 g/mol. The summed E-state index contributed by atoms with van der Waals surface area (Å²) >= 11 is 0. The van der Waals surface area contributed by atoms with Crippen molar-refractivity contribution in [2.24, 2.45) is 0 Å². The van der Waals surface area contributed by atoms with E-state index >= 15 is 0 Å². The molecule has 3 N–H and O–H groups in total. The number of hydrogen-bond acceptors (Lipinski definition) is 6. The maximum atomic E-state index is 12.8. The molecule has 0 aromatic heterocycles. The smallest absolute Gasteiger partial charge is 0.407 e. The fourth-order valence-corrected chi connectivity index (χ4v) is 4.58. The molecule has 0 radical (unpaired) electrons. The lowest BCUT2D eigenvalue weighted by molar-refractivity contribution is -0.140. The van der Waals surface area contributed by atoms with E-state index in [1.807, 2.05) is 48.5 Å². The van der Waals surface area contributed by atoms with Crippen molar-refractivity contribution in [3.8, 4) is 11.1 Å². The van der Waals surface area contributed by atoms with E-state index in [4.69, 9.17) is 14.2 Å². The molecule has 2 aliphatic rings. The van der Waals surface area contributed by atoms with Gasteiger partial charge in [0, 0.05) is 19.6 Å². The highest BCUT2D eigenvalue weighted by Crippen LogP contribution is 2.44. The number of benzene rings is 2. The molecule has 34 heavy (non-hydrogen) atoms. The van der Waals surface area contributed by atoms with E-state index in [-0.39, 0.29) is 25.2 Å². The first kappa shape index (κ1) is 23.7. The van der Waals surface area contributed by atoms with Gasteiger partial charge in [0.2, 0.25) is 5.91 Å². The van der Waals surface area contributed by atoms with E-state index in [1.165, 1.54) is 0 Å². The van der Waals surface area contributed by atoms with Crippen molar-refractivity contribution in [2.45, 2.75) is 36.9 Å². The Morgan fingerprint density at radius 1 is 1.09 bits per heavy atom. The van der Waals surface area contributed by atoms with Gasteiger partial charge < -0.3 is 30.0 Å². The van der Waals surface area contributed by atoms with Crippen LogP contribution in [0.5, 0.6) is 0 Å². The number of alkyl carbamates (subject to hydrolysis) is 1. The Morgan fingerprint density at radius 2 is 1.74 bits per heavy atom. The van der Waals surface area contributed by atoms with Gasteiger partial charge in [-0.05, 0) is 28.7 Å². The molecule has 1 fully saturated rings. The molecule has 0 bridgehead atoms. The van der Waals surface area contributed by atoms with Crippen LogP contribution in [-0.4, -0.2) is 68.2 Å². The van der Waals surface area contributed by atoms with E-state index in [0.29, 0.717) is 13.0 Å². The molecule has 1 heterocycles. The molecule has 3 atom stereocenters. The predicted octanol–water partition coefficient (Wildman–Crippen LogP) is 2.29. The molecule has 1 aliphatic carbocycles. The van der Waals surface area contributed by atoms with Crippen LogP contribution in [0.15, 0.2) is 48.5 Å². The van der Waals surface area contributed by atoms with Crippen LogP contribution in [0, 0.1) is 0 Å². The second-order valence-corrected chi connectivity index (χ2v) is 8.37. The van der Waals surface area contributed by atoms with E-state index in [2.05, 4.69) is 10.6 Å². The summed E-state index contributed by atoms with van der Waals surface area (Å²) in [5.41, 5.74) is 4.30. The van der Waals surface area contributed by atoms with Crippen LogP contribution in [-0.2, 0) is 23.8 Å². The standard InChI is InChI=1S/C25H28N2O7/c1-32-22-10-11-33-14-21(22)26-24(30)20(12-23(28)29)27-25(31)34-13-19-17-8-4-2-6-15(17)16-7-3-5-9-18(16)19/h2-9,19-22H,10-14H2,1H3,(H,26,30)(H,27,31)(H,28,29). The van der Waals surface area contributed by atoms with Crippen molar-refractivity contribution in [2.75, 3.05) is 26.9 Å². The number of nitrogens with one attached hydrogen (secondary N) is 2. The van der Waals surface area contributed by atoms with Gasteiger partial charge in [0.15, 0.2) is 0 Å². The first-order valence-electron chi connectivity index (χ1n) is 11.2. The van der Waals surface area contributed by atoms with Crippen LogP contribution < -0.4 is 10.6 Å². The minimum atomic E-state index is -1.30. The number of amides is 2. The molecular formula is C25H28N2O7. The highest BCUT2D eigenvalue weighted by molar-refractivity contribution is 5.89. The van der Waals surface area contributed by atoms with Crippen molar-refractivity contribution in [3.63, 3.8) is 0 Å². The number of hydrogen-bond donors (Lipinski definition) is 3. The van der Waals surface area contributed by atoms with Crippen LogP contribution in [0.4, 0.5) is 4.79 Å². The third-order valence-electron chi connectivity index (χ3n) is 6.25. The predicted molar refractivity (Wildman–Crippen MR) is 122 cm³/mol. The van der Waals surface area contributed by atoms with Gasteiger partial charge in [-0.1, -0.05) is 48.5 Å². The second kappa shape index (κ2) is 10.7. The molecule has 1 aliphatic heterocycles. The van der Waals surface area contributed by atoms with E-state index in [0.717, 1.165) is 22.3 Å². The van der Waals surface area contributed by atoms with E-state index in [9.17, 15) is 19.5 Å². The zero-order valence-electron chi connectivity index (χ0n) is 18.9. The Bertz CT molecular complexity index is 1010. The van der Waals surface area contributed by atoms with Crippen LogP contribution in [0.2, 0.25) is 0 Å².